The van der Waals surface area contributed by atoms with E-state index in [9.17, 15) is 13.2 Å². The molecule has 0 aliphatic carbocycles. The maximum atomic E-state index is 12.9. The van der Waals surface area contributed by atoms with Gasteiger partial charge in [0.1, 0.15) is 5.50 Å². The molecule has 1 aliphatic rings. The Morgan fingerprint density at radius 1 is 1.00 bits per heavy atom. The Morgan fingerprint density at radius 2 is 1.71 bits per heavy atom. The number of hydrogen-bond donors (Lipinski definition) is 2. The fourth-order valence-corrected chi connectivity index (χ4v) is 5.73. The Morgan fingerprint density at radius 3 is 2.50 bits per heavy atom. The zero-order valence-corrected chi connectivity index (χ0v) is 17.6. The van der Waals surface area contributed by atoms with Crippen molar-refractivity contribution in [3.05, 3.63) is 81.7 Å². The molecule has 1 saturated heterocycles. The Kier molecular flexibility index (Phi) is 5.29. The van der Waals surface area contributed by atoms with Gasteiger partial charge in [0.25, 0.3) is 5.91 Å². The summed E-state index contributed by atoms with van der Waals surface area (Å²) in [7, 11) is -3.81. The predicted molar refractivity (Wildman–Crippen MR) is 116 cm³/mol. The molecule has 142 valence electrons. The second-order valence-corrected chi connectivity index (χ2v) is 9.88. The molecule has 0 aromatic heterocycles. The van der Waals surface area contributed by atoms with E-state index >= 15 is 0 Å². The van der Waals surface area contributed by atoms with Gasteiger partial charge in [-0.05, 0) is 35.2 Å². The largest absolute Gasteiger partial charge is 0.326 e. The van der Waals surface area contributed by atoms with Crippen molar-refractivity contribution in [2.75, 3.05) is 0 Å². The molecule has 1 atom stereocenters. The molecule has 1 amide bonds. The van der Waals surface area contributed by atoms with Gasteiger partial charge in [-0.3, -0.25) is 4.79 Å². The minimum Gasteiger partial charge on any atom is -0.326 e. The van der Waals surface area contributed by atoms with Crippen LogP contribution in [0.5, 0.6) is 0 Å². The first-order valence-corrected chi connectivity index (χ1v) is 11.5. The third-order valence-electron chi connectivity index (χ3n) is 4.20. The van der Waals surface area contributed by atoms with Crippen LogP contribution in [0.1, 0.15) is 5.56 Å². The number of hydrogen-bond acceptors (Lipinski definition) is 4. The van der Waals surface area contributed by atoms with Gasteiger partial charge in [-0.15, -0.1) is 0 Å². The number of nitrogens with one attached hydrogen (secondary N) is 2. The molecule has 5 nitrogen and oxygen atoms in total. The number of carbonyl (C=O) groups excluding carboxylic acids is 1. The molecule has 3 aromatic rings. The SMILES string of the molecule is O=C1NC(NS(=O)(=O)c2cccc3ccccc23)S/C1=C\c1ccc(Br)cc1. The monoisotopic (exact) mass is 474 g/mol. The summed E-state index contributed by atoms with van der Waals surface area (Å²) in [4.78, 5) is 12.9. The minimum absolute atomic E-state index is 0.186. The molecule has 1 heterocycles. The molecule has 0 bridgehead atoms. The number of rotatable bonds is 4. The Hall–Kier alpha value is -2.13. The highest BCUT2D eigenvalue weighted by Gasteiger charge is 2.31. The van der Waals surface area contributed by atoms with Crippen molar-refractivity contribution in [2.45, 2.75) is 10.4 Å². The van der Waals surface area contributed by atoms with Crippen LogP contribution in [-0.4, -0.2) is 19.8 Å². The third-order valence-corrected chi connectivity index (χ3v) is 7.39. The van der Waals surface area contributed by atoms with Crippen LogP contribution in [0.3, 0.4) is 0 Å². The van der Waals surface area contributed by atoms with Crippen LogP contribution in [-0.2, 0) is 14.8 Å². The molecule has 1 aliphatic heterocycles. The molecular weight excluding hydrogens is 460 g/mol. The van der Waals surface area contributed by atoms with E-state index in [4.69, 9.17) is 0 Å². The van der Waals surface area contributed by atoms with Gasteiger partial charge < -0.3 is 5.32 Å². The predicted octanol–water partition coefficient (Wildman–Crippen LogP) is 4.07. The standard InChI is InChI=1S/C20H15BrN2O3S2/c21-15-10-8-13(9-11-15)12-17-19(24)22-20(27-17)23-28(25,26)18-7-3-5-14-4-1-2-6-16(14)18/h1-12,20,23H,(H,22,24)/b17-12-. The number of amides is 1. The van der Waals surface area contributed by atoms with Crippen LogP contribution >= 0.6 is 27.7 Å². The highest BCUT2D eigenvalue weighted by molar-refractivity contribution is 9.10. The number of benzene rings is 3. The van der Waals surface area contributed by atoms with Crippen molar-refractivity contribution in [1.82, 2.24) is 10.0 Å². The highest BCUT2D eigenvalue weighted by atomic mass is 79.9. The fourth-order valence-electron chi connectivity index (χ4n) is 2.90. The third kappa shape index (κ3) is 4.00. The number of fused-ring (bicyclic) bond motifs is 1. The summed E-state index contributed by atoms with van der Waals surface area (Å²) in [5.74, 6) is -0.307. The number of thioether (sulfide) groups is 1. The molecule has 8 heteroatoms. The molecule has 28 heavy (non-hydrogen) atoms. The second-order valence-electron chi connectivity index (χ2n) is 6.13. The van der Waals surface area contributed by atoms with Crippen LogP contribution in [0.2, 0.25) is 0 Å². The first kappa shape index (κ1) is 19.2. The zero-order chi connectivity index (χ0) is 19.7. The summed E-state index contributed by atoms with van der Waals surface area (Å²) in [6.07, 6.45) is 1.73. The summed E-state index contributed by atoms with van der Waals surface area (Å²) >= 11 is 4.51. The molecule has 0 saturated carbocycles. The molecule has 4 rings (SSSR count). The normalized spacial score (nSPS) is 18.5. The number of halogens is 1. The van der Waals surface area contributed by atoms with Crippen molar-refractivity contribution in [3.63, 3.8) is 0 Å². The molecular formula is C20H15BrN2O3S2. The van der Waals surface area contributed by atoms with Crippen LogP contribution in [0.25, 0.3) is 16.8 Å². The van der Waals surface area contributed by atoms with Crippen molar-refractivity contribution in [1.29, 1.82) is 0 Å². The van der Waals surface area contributed by atoms with E-state index in [1.165, 1.54) is 0 Å². The van der Waals surface area contributed by atoms with E-state index in [1.54, 1.807) is 30.3 Å². The molecule has 1 unspecified atom stereocenters. The second kappa shape index (κ2) is 7.71. The van der Waals surface area contributed by atoms with Crippen LogP contribution in [0, 0.1) is 0 Å². The Bertz CT molecular complexity index is 1190. The van der Waals surface area contributed by atoms with Crippen LogP contribution < -0.4 is 10.0 Å². The lowest BCUT2D eigenvalue weighted by atomic mass is 10.1. The van der Waals surface area contributed by atoms with E-state index in [-0.39, 0.29) is 10.8 Å². The van der Waals surface area contributed by atoms with E-state index in [1.807, 2.05) is 42.5 Å². The van der Waals surface area contributed by atoms with Gasteiger partial charge in [-0.25, -0.2) is 8.42 Å². The summed E-state index contributed by atoms with van der Waals surface area (Å²) < 4.78 is 29.3. The Balaban J connectivity index is 1.57. The van der Waals surface area contributed by atoms with Crippen LogP contribution in [0.4, 0.5) is 0 Å². The van der Waals surface area contributed by atoms with E-state index in [2.05, 4.69) is 26.0 Å². The average molecular weight is 475 g/mol. The highest BCUT2D eigenvalue weighted by Crippen LogP contribution is 2.30. The van der Waals surface area contributed by atoms with Gasteiger partial charge in [0, 0.05) is 9.86 Å². The first-order valence-electron chi connectivity index (χ1n) is 8.37. The molecule has 0 radical (unpaired) electrons. The van der Waals surface area contributed by atoms with Crippen molar-refractivity contribution < 1.29 is 13.2 Å². The summed E-state index contributed by atoms with van der Waals surface area (Å²) in [6, 6.07) is 19.9. The van der Waals surface area contributed by atoms with Gasteiger partial charge in [-0.2, -0.15) is 4.72 Å². The van der Waals surface area contributed by atoms with Crippen molar-refractivity contribution >= 4 is 60.5 Å². The van der Waals surface area contributed by atoms with E-state index in [0.29, 0.717) is 10.3 Å². The van der Waals surface area contributed by atoms with Gasteiger partial charge in [0.2, 0.25) is 10.0 Å². The number of sulfonamides is 1. The lowest BCUT2D eigenvalue weighted by molar-refractivity contribution is -0.116. The lowest BCUT2D eigenvalue weighted by Gasteiger charge is -2.13. The minimum atomic E-state index is -3.81. The zero-order valence-electron chi connectivity index (χ0n) is 14.4. The molecule has 1 fully saturated rings. The quantitative estimate of drug-likeness (QED) is 0.558. The number of carbonyl (C=O) groups is 1. The smallest absolute Gasteiger partial charge is 0.259 e. The summed E-state index contributed by atoms with van der Waals surface area (Å²) in [5, 5.41) is 4.14. The topological polar surface area (TPSA) is 75.3 Å². The summed E-state index contributed by atoms with van der Waals surface area (Å²) in [5.41, 5.74) is 0.0941. The maximum Gasteiger partial charge on any atom is 0.259 e. The first-order chi connectivity index (χ1) is 13.4. The maximum absolute atomic E-state index is 12.9. The van der Waals surface area contributed by atoms with Gasteiger partial charge in [0.05, 0.1) is 9.80 Å². The molecule has 3 aromatic carbocycles. The van der Waals surface area contributed by atoms with Gasteiger partial charge in [-0.1, -0.05) is 76.2 Å². The van der Waals surface area contributed by atoms with Crippen molar-refractivity contribution in [3.8, 4) is 0 Å². The van der Waals surface area contributed by atoms with E-state index < -0.39 is 15.5 Å². The average Bonchev–Trinajstić information content (AvgIpc) is 3.01. The molecule has 2 N–H and O–H groups in total. The fraction of sp³-hybridized carbons (Fsp3) is 0.0500. The van der Waals surface area contributed by atoms with E-state index in [0.717, 1.165) is 27.2 Å². The van der Waals surface area contributed by atoms with Gasteiger partial charge in [0.15, 0.2) is 0 Å². The summed E-state index contributed by atoms with van der Waals surface area (Å²) in [6.45, 7) is 0. The van der Waals surface area contributed by atoms with Gasteiger partial charge >= 0.3 is 0 Å². The van der Waals surface area contributed by atoms with Crippen LogP contribution in [0.15, 0.2) is 81.0 Å². The van der Waals surface area contributed by atoms with Crippen molar-refractivity contribution in [2.24, 2.45) is 0 Å². The molecule has 0 spiro atoms. The lowest BCUT2D eigenvalue weighted by Crippen LogP contribution is -2.41. The Labute approximate surface area is 175 Å².